The van der Waals surface area contributed by atoms with Crippen molar-refractivity contribution < 1.29 is 23.1 Å². The Morgan fingerprint density at radius 3 is 1.95 bits per heavy atom. The minimum atomic E-state index is -2.75. The first-order chi connectivity index (χ1) is 10.6. The number of ether oxygens (including phenoxy) is 1. The molecule has 0 aliphatic heterocycles. The van der Waals surface area contributed by atoms with E-state index in [9.17, 15) is 5.11 Å². The fraction of sp³-hybridized carbons (Fsp3) is 0.625. The summed E-state index contributed by atoms with van der Waals surface area (Å²) in [6, 6.07) is 4.45. The number of methoxy groups -OCH3 is 1. The number of rotatable bonds is 10. The van der Waals surface area contributed by atoms with Crippen molar-refractivity contribution in [1.29, 1.82) is 0 Å². The fourth-order valence-corrected chi connectivity index (χ4v) is 5.26. The smallest absolute Gasteiger partial charge is 0.496 e. The molecule has 0 saturated carbocycles. The minimum absolute atomic E-state index is 0.0602. The minimum Gasteiger partial charge on any atom is -0.496 e. The molecular weight excluding hydrogens is 300 g/mol. The van der Waals surface area contributed by atoms with Crippen LogP contribution < -0.4 is 4.74 Å². The zero-order chi connectivity index (χ0) is 16.6. The molecular formula is C16H28O5Si. The summed E-state index contributed by atoms with van der Waals surface area (Å²) in [7, 11) is -1.15. The predicted octanol–water partition coefficient (Wildman–Crippen LogP) is 2.63. The second kappa shape index (κ2) is 9.27. The molecule has 0 heterocycles. The lowest BCUT2D eigenvalue weighted by Gasteiger charge is -2.29. The van der Waals surface area contributed by atoms with E-state index in [1.165, 1.54) is 0 Å². The summed E-state index contributed by atoms with van der Waals surface area (Å²) < 4.78 is 23.0. The van der Waals surface area contributed by atoms with Crippen LogP contribution in [0.1, 0.15) is 37.5 Å². The molecule has 6 heteroatoms. The van der Waals surface area contributed by atoms with Crippen LogP contribution in [0.5, 0.6) is 5.75 Å². The molecule has 126 valence electrons. The van der Waals surface area contributed by atoms with Crippen LogP contribution in [0, 0.1) is 6.92 Å². The third-order valence-electron chi connectivity index (χ3n) is 3.55. The van der Waals surface area contributed by atoms with Crippen molar-refractivity contribution in [2.45, 2.75) is 40.3 Å². The molecule has 0 amide bonds. The highest BCUT2D eigenvalue weighted by molar-refractivity contribution is 6.60. The molecule has 0 atom stereocenters. The van der Waals surface area contributed by atoms with Gasteiger partial charge < -0.3 is 23.1 Å². The zero-order valence-electron chi connectivity index (χ0n) is 14.3. The number of hydrogen-bond donors (Lipinski definition) is 1. The van der Waals surface area contributed by atoms with E-state index in [1.54, 1.807) is 7.11 Å². The third-order valence-corrected chi connectivity index (χ3v) is 6.54. The lowest BCUT2D eigenvalue weighted by Crippen LogP contribution is -2.48. The summed E-state index contributed by atoms with van der Waals surface area (Å²) in [5.74, 6) is 0.695. The lowest BCUT2D eigenvalue weighted by atomic mass is 10.0. The number of aliphatic hydroxyl groups excluding tert-OH is 1. The van der Waals surface area contributed by atoms with Gasteiger partial charge in [-0.2, -0.15) is 0 Å². The van der Waals surface area contributed by atoms with Gasteiger partial charge in [-0.25, -0.2) is 0 Å². The maximum atomic E-state index is 9.60. The molecule has 1 aromatic carbocycles. The first kappa shape index (κ1) is 19.1. The second-order valence-corrected chi connectivity index (χ2v) is 7.43. The third kappa shape index (κ3) is 4.53. The molecule has 0 aliphatic carbocycles. The summed E-state index contributed by atoms with van der Waals surface area (Å²) >= 11 is 0. The van der Waals surface area contributed by atoms with Crippen LogP contribution in [-0.4, -0.2) is 40.8 Å². The van der Waals surface area contributed by atoms with E-state index < -0.39 is 8.80 Å². The summed E-state index contributed by atoms with van der Waals surface area (Å²) in [5.41, 5.74) is 2.86. The van der Waals surface area contributed by atoms with E-state index in [4.69, 9.17) is 18.0 Å². The number of benzene rings is 1. The quantitative estimate of drug-likeness (QED) is 0.669. The Morgan fingerprint density at radius 1 is 1.00 bits per heavy atom. The van der Waals surface area contributed by atoms with Crippen LogP contribution in [0.3, 0.4) is 0 Å². The van der Waals surface area contributed by atoms with Gasteiger partial charge in [0.1, 0.15) is 5.75 Å². The van der Waals surface area contributed by atoms with E-state index in [0.29, 0.717) is 31.6 Å². The molecule has 22 heavy (non-hydrogen) atoms. The van der Waals surface area contributed by atoms with E-state index in [-0.39, 0.29) is 6.61 Å². The van der Waals surface area contributed by atoms with Gasteiger partial charge in [0.15, 0.2) is 0 Å². The highest BCUT2D eigenvalue weighted by atomic mass is 28.4. The van der Waals surface area contributed by atoms with Crippen LogP contribution in [0.2, 0.25) is 0 Å². The highest BCUT2D eigenvalue weighted by Crippen LogP contribution is 2.28. The Morgan fingerprint density at radius 2 is 1.55 bits per heavy atom. The number of hydrogen-bond acceptors (Lipinski definition) is 5. The molecule has 1 aromatic rings. The normalized spacial score (nSPS) is 11.7. The monoisotopic (exact) mass is 328 g/mol. The Labute approximate surface area is 134 Å². The molecule has 0 spiro atoms. The van der Waals surface area contributed by atoms with Gasteiger partial charge in [-0.05, 0) is 44.9 Å². The van der Waals surface area contributed by atoms with Gasteiger partial charge in [0.2, 0.25) is 0 Å². The van der Waals surface area contributed by atoms with Crippen molar-refractivity contribution in [3.63, 3.8) is 0 Å². The summed E-state index contributed by atoms with van der Waals surface area (Å²) in [4.78, 5) is 0. The molecule has 0 saturated heterocycles. The van der Waals surface area contributed by atoms with Gasteiger partial charge in [-0.1, -0.05) is 6.07 Å². The highest BCUT2D eigenvalue weighted by Gasteiger charge is 2.41. The van der Waals surface area contributed by atoms with Crippen LogP contribution in [0.25, 0.3) is 0 Å². The van der Waals surface area contributed by atoms with Crippen molar-refractivity contribution in [3.05, 3.63) is 28.8 Å². The Bertz CT molecular complexity index is 447. The first-order valence-corrected chi connectivity index (χ1v) is 9.68. The molecule has 1 rings (SSSR count). The van der Waals surface area contributed by atoms with Crippen LogP contribution >= 0.6 is 0 Å². The fourth-order valence-electron chi connectivity index (χ4n) is 2.53. The van der Waals surface area contributed by atoms with Gasteiger partial charge in [0.25, 0.3) is 0 Å². The largest absolute Gasteiger partial charge is 0.505 e. The van der Waals surface area contributed by atoms with Crippen molar-refractivity contribution in [3.8, 4) is 5.75 Å². The number of aliphatic hydroxyl groups is 1. The molecule has 0 unspecified atom stereocenters. The van der Waals surface area contributed by atoms with E-state index >= 15 is 0 Å². The molecule has 1 N–H and O–H groups in total. The molecule has 0 aromatic heterocycles. The Hall–Kier alpha value is -0.923. The van der Waals surface area contributed by atoms with E-state index in [0.717, 1.165) is 16.7 Å². The van der Waals surface area contributed by atoms with E-state index in [2.05, 4.69) is 0 Å². The van der Waals surface area contributed by atoms with Crippen LogP contribution in [0.4, 0.5) is 0 Å². The molecule has 0 aliphatic rings. The second-order valence-electron chi connectivity index (χ2n) is 4.85. The van der Waals surface area contributed by atoms with Crippen LogP contribution in [0.15, 0.2) is 12.1 Å². The lowest BCUT2D eigenvalue weighted by molar-refractivity contribution is 0.0703. The van der Waals surface area contributed by atoms with Crippen molar-refractivity contribution in [2.75, 3.05) is 26.9 Å². The topological polar surface area (TPSA) is 57.2 Å². The maximum absolute atomic E-state index is 9.60. The first-order valence-electron chi connectivity index (χ1n) is 7.75. The summed E-state index contributed by atoms with van der Waals surface area (Å²) in [6.07, 6.45) is 0. The van der Waals surface area contributed by atoms with Gasteiger partial charge >= 0.3 is 8.80 Å². The van der Waals surface area contributed by atoms with Crippen molar-refractivity contribution >= 4 is 8.80 Å². The molecule has 0 bridgehead atoms. The standard InChI is InChI=1S/C16H28O5Si/c1-6-19-22(20-7-2,21-8-3)12-14-9-10-16(18-5)15(11-17)13(14)4/h9-10,17H,6-8,11-12H2,1-5H3. The van der Waals surface area contributed by atoms with Crippen molar-refractivity contribution in [1.82, 2.24) is 0 Å². The molecule has 5 nitrogen and oxygen atoms in total. The molecule has 0 radical (unpaired) electrons. The van der Waals surface area contributed by atoms with E-state index in [1.807, 2.05) is 39.8 Å². The SMILES string of the molecule is CCO[Si](Cc1ccc(OC)c(CO)c1C)(OCC)OCC. The van der Waals surface area contributed by atoms with Gasteiger partial charge in [-0.3, -0.25) is 0 Å². The van der Waals surface area contributed by atoms with Crippen LogP contribution in [-0.2, 0) is 25.9 Å². The predicted molar refractivity (Wildman–Crippen MR) is 88.0 cm³/mol. The van der Waals surface area contributed by atoms with Gasteiger partial charge in [0, 0.05) is 31.4 Å². The average Bonchev–Trinajstić information content (AvgIpc) is 2.50. The van der Waals surface area contributed by atoms with Crippen molar-refractivity contribution in [2.24, 2.45) is 0 Å². The Kier molecular flexibility index (Phi) is 8.06. The van der Waals surface area contributed by atoms with Gasteiger partial charge in [-0.15, -0.1) is 0 Å². The summed E-state index contributed by atoms with van der Waals surface area (Å²) in [6.45, 7) is 9.40. The Balaban J connectivity index is 3.17. The summed E-state index contributed by atoms with van der Waals surface area (Å²) in [5, 5.41) is 9.60. The molecule has 0 fully saturated rings. The maximum Gasteiger partial charge on any atom is 0.505 e. The van der Waals surface area contributed by atoms with Gasteiger partial charge in [0.05, 0.1) is 13.7 Å². The zero-order valence-corrected chi connectivity index (χ0v) is 15.3. The average molecular weight is 328 g/mol.